The lowest BCUT2D eigenvalue weighted by Crippen LogP contribution is -2.39. The lowest BCUT2D eigenvalue weighted by molar-refractivity contribution is 0.00225. The summed E-state index contributed by atoms with van der Waals surface area (Å²) in [5, 5.41) is 10.6. The Balaban J connectivity index is 1.79. The van der Waals surface area contributed by atoms with E-state index < -0.39 is 6.10 Å². The van der Waals surface area contributed by atoms with Gasteiger partial charge in [-0.1, -0.05) is 36.4 Å². The first kappa shape index (κ1) is 15.2. The quantitative estimate of drug-likeness (QED) is 0.921. The molecule has 2 atom stereocenters. The zero-order chi connectivity index (χ0) is 15.2. The number of morpholine rings is 1. The van der Waals surface area contributed by atoms with Gasteiger partial charge in [0.15, 0.2) is 0 Å². The summed E-state index contributed by atoms with van der Waals surface area (Å²) in [5.41, 5.74) is 1.97. The van der Waals surface area contributed by atoms with Crippen LogP contribution in [0.1, 0.15) is 29.8 Å². The smallest absolute Gasteiger partial charge is 0.0977 e. The maximum Gasteiger partial charge on any atom is 0.0977 e. The average molecular weight is 298 g/mol. The largest absolute Gasteiger partial charge is 0.387 e. The molecule has 1 saturated heterocycles. The summed E-state index contributed by atoms with van der Waals surface area (Å²) in [5.74, 6) is 0. The SMILES string of the molecule is O[C@@H](C[C@@H](c1ccccc1)N1CCOCC1)c1ccccn1. The Labute approximate surface area is 131 Å². The molecule has 1 aromatic carbocycles. The Hall–Kier alpha value is -1.75. The van der Waals surface area contributed by atoms with Gasteiger partial charge >= 0.3 is 0 Å². The van der Waals surface area contributed by atoms with Crippen LogP contribution in [0.4, 0.5) is 0 Å². The second-order valence-corrected chi connectivity index (χ2v) is 5.58. The molecule has 0 unspecified atom stereocenters. The molecule has 1 fully saturated rings. The van der Waals surface area contributed by atoms with Crippen molar-refractivity contribution in [2.45, 2.75) is 18.6 Å². The van der Waals surface area contributed by atoms with Crippen molar-refractivity contribution >= 4 is 0 Å². The summed E-state index contributed by atoms with van der Waals surface area (Å²) in [6.07, 6.45) is 1.81. The van der Waals surface area contributed by atoms with Crippen LogP contribution in [0.15, 0.2) is 54.7 Å². The van der Waals surface area contributed by atoms with Crippen molar-refractivity contribution < 1.29 is 9.84 Å². The first-order chi connectivity index (χ1) is 10.8. The van der Waals surface area contributed by atoms with Crippen LogP contribution in [-0.2, 0) is 4.74 Å². The highest BCUT2D eigenvalue weighted by atomic mass is 16.5. The molecule has 1 N–H and O–H groups in total. The van der Waals surface area contributed by atoms with Gasteiger partial charge in [0.2, 0.25) is 0 Å². The van der Waals surface area contributed by atoms with Crippen molar-refractivity contribution in [3.8, 4) is 0 Å². The monoisotopic (exact) mass is 298 g/mol. The molecule has 0 bridgehead atoms. The van der Waals surface area contributed by atoms with Gasteiger partial charge in [0.05, 0.1) is 25.0 Å². The molecule has 1 aliphatic rings. The maximum atomic E-state index is 10.6. The molecule has 0 aliphatic carbocycles. The number of aliphatic hydroxyl groups is 1. The van der Waals surface area contributed by atoms with Gasteiger partial charge in [-0.05, 0) is 24.1 Å². The molecule has 1 aromatic heterocycles. The highest BCUT2D eigenvalue weighted by molar-refractivity contribution is 5.20. The van der Waals surface area contributed by atoms with E-state index >= 15 is 0 Å². The summed E-state index contributed by atoms with van der Waals surface area (Å²) in [6, 6.07) is 16.2. The Morgan fingerprint density at radius 1 is 1.05 bits per heavy atom. The lowest BCUT2D eigenvalue weighted by atomic mass is 9.97. The number of ether oxygens (including phenoxy) is 1. The van der Waals surface area contributed by atoms with Crippen molar-refractivity contribution in [3.05, 3.63) is 66.0 Å². The van der Waals surface area contributed by atoms with E-state index in [2.05, 4.69) is 34.1 Å². The number of pyridine rings is 1. The Kier molecular flexibility index (Phi) is 5.16. The summed E-state index contributed by atoms with van der Waals surface area (Å²) >= 11 is 0. The van der Waals surface area contributed by atoms with Crippen molar-refractivity contribution in [3.63, 3.8) is 0 Å². The molecular weight excluding hydrogens is 276 g/mol. The van der Waals surface area contributed by atoms with E-state index in [9.17, 15) is 5.11 Å². The molecule has 0 amide bonds. The molecule has 0 saturated carbocycles. The van der Waals surface area contributed by atoms with Gasteiger partial charge in [0.25, 0.3) is 0 Å². The highest BCUT2D eigenvalue weighted by Gasteiger charge is 2.25. The minimum Gasteiger partial charge on any atom is -0.387 e. The molecule has 0 radical (unpaired) electrons. The predicted octanol–water partition coefficient (Wildman–Crippen LogP) is 2.58. The van der Waals surface area contributed by atoms with E-state index in [1.807, 2.05) is 24.3 Å². The lowest BCUT2D eigenvalue weighted by Gasteiger charge is -2.35. The molecule has 0 spiro atoms. The summed E-state index contributed by atoms with van der Waals surface area (Å²) < 4.78 is 5.46. The third-order valence-electron chi connectivity index (χ3n) is 4.15. The van der Waals surface area contributed by atoms with Crippen LogP contribution in [0.25, 0.3) is 0 Å². The van der Waals surface area contributed by atoms with E-state index in [0.29, 0.717) is 6.42 Å². The molecule has 1 aliphatic heterocycles. The van der Waals surface area contributed by atoms with Crippen molar-refractivity contribution in [2.24, 2.45) is 0 Å². The van der Waals surface area contributed by atoms with E-state index in [4.69, 9.17) is 4.74 Å². The van der Waals surface area contributed by atoms with Crippen LogP contribution in [0, 0.1) is 0 Å². The van der Waals surface area contributed by atoms with Crippen LogP contribution < -0.4 is 0 Å². The Bertz CT molecular complexity index is 556. The molecule has 3 rings (SSSR count). The summed E-state index contributed by atoms with van der Waals surface area (Å²) in [4.78, 5) is 6.67. The summed E-state index contributed by atoms with van der Waals surface area (Å²) in [6.45, 7) is 3.30. The number of hydrogen-bond donors (Lipinski definition) is 1. The van der Waals surface area contributed by atoms with Crippen LogP contribution in [-0.4, -0.2) is 41.3 Å². The Morgan fingerprint density at radius 2 is 1.77 bits per heavy atom. The van der Waals surface area contributed by atoms with Crippen LogP contribution in [0.2, 0.25) is 0 Å². The van der Waals surface area contributed by atoms with Gasteiger partial charge in [-0.25, -0.2) is 0 Å². The van der Waals surface area contributed by atoms with Gasteiger partial charge in [-0.3, -0.25) is 9.88 Å². The number of benzene rings is 1. The fraction of sp³-hybridized carbons (Fsp3) is 0.389. The second kappa shape index (κ2) is 7.49. The maximum absolute atomic E-state index is 10.6. The minimum atomic E-state index is -0.561. The molecule has 116 valence electrons. The number of aromatic nitrogens is 1. The third kappa shape index (κ3) is 3.71. The molecule has 4 nitrogen and oxygen atoms in total. The van der Waals surface area contributed by atoms with Gasteiger partial charge in [0, 0.05) is 25.3 Å². The molecule has 22 heavy (non-hydrogen) atoms. The normalized spacial score (nSPS) is 18.8. The number of rotatable bonds is 5. The van der Waals surface area contributed by atoms with Gasteiger partial charge in [0.1, 0.15) is 0 Å². The number of aliphatic hydroxyl groups excluding tert-OH is 1. The third-order valence-corrected chi connectivity index (χ3v) is 4.15. The van der Waals surface area contributed by atoms with E-state index in [1.165, 1.54) is 5.56 Å². The van der Waals surface area contributed by atoms with E-state index in [0.717, 1.165) is 32.0 Å². The second-order valence-electron chi connectivity index (χ2n) is 5.58. The molecule has 4 heteroatoms. The fourth-order valence-corrected chi connectivity index (χ4v) is 2.97. The topological polar surface area (TPSA) is 45.6 Å². The first-order valence-corrected chi connectivity index (χ1v) is 7.80. The van der Waals surface area contributed by atoms with E-state index in [-0.39, 0.29) is 6.04 Å². The van der Waals surface area contributed by atoms with Gasteiger partial charge in [-0.2, -0.15) is 0 Å². The van der Waals surface area contributed by atoms with Gasteiger partial charge in [-0.15, -0.1) is 0 Å². The minimum absolute atomic E-state index is 0.183. The number of nitrogens with zero attached hydrogens (tertiary/aromatic N) is 2. The first-order valence-electron chi connectivity index (χ1n) is 7.80. The highest BCUT2D eigenvalue weighted by Crippen LogP contribution is 2.31. The van der Waals surface area contributed by atoms with Crippen molar-refractivity contribution in [2.75, 3.05) is 26.3 Å². The van der Waals surface area contributed by atoms with Crippen molar-refractivity contribution in [1.82, 2.24) is 9.88 Å². The van der Waals surface area contributed by atoms with Crippen LogP contribution in [0.3, 0.4) is 0 Å². The van der Waals surface area contributed by atoms with Crippen LogP contribution in [0.5, 0.6) is 0 Å². The molecule has 2 heterocycles. The van der Waals surface area contributed by atoms with Crippen molar-refractivity contribution in [1.29, 1.82) is 0 Å². The number of hydrogen-bond acceptors (Lipinski definition) is 4. The van der Waals surface area contributed by atoms with Gasteiger partial charge < -0.3 is 9.84 Å². The zero-order valence-electron chi connectivity index (χ0n) is 12.6. The summed E-state index contributed by atoms with van der Waals surface area (Å²) in [7, 11) is 0. The van der Waals surface area contributed by atoms with Crippen LogP contribution >= 0.6 is 0 Å². The molecule has 2 aromatic rings. The van der Waals surface area contributed by atoms with E-state index in [1.54, 1.807) is 6.20 Å². The zero-order valence-corrected chi connectivity index (χ0v) is 12.6. The fourth-order valence-electron chi connectivity index (χ4n) is 2.97. The average Bonchev–Trinajstić information content (AvgIpc) is 2.62. The molecular formula is C18H22N2O2. The Morgan fingerprint density at radius 3 is 2.45 bits per heavy atom. The standard InChI is InChI=1S/C18H22N2O2/c21-18(16-8-4-5-9-19-16)14-17(15-6-2-1-3-7-15)20-10-12-22-13-11-20/h1-9,17-18,21H,10-14H2/t17-,18-/m0/s1. The predicted molar refractivity (Wildman–Crippen MR) is 85.4 cm³/mol.